The molecule has 1 unspecified atom stereocenters. The van der Waals surface area contributed by atoms with E-state index in [-0.39, 0.29) is 40.7 Å². The van der Waals surface area contributed by atoms with Gasteiger partial charge in [0, 0.05) is 17.8 Å². The third kappa shape index (κ3) is 2.14. The van der Waals surface area contributed by atoms with E-state index in [1.807, 2.05) is 19.9 Å². The zero-order chi connectivity index (χ0) is 21.7. The van der Waals surface area contributed by atoms with Crippen molar-refractivity contribution < 1.29 is 29.0 Å². The van der Waals surface area contributed by atoms with Crippen LogP contribution in [0.5, 0.6) is 0 Å². The van der Waals surface area contributed by atoms with E-state index < -0.39 is 29.4 Å². The number of ether oxygens (including phenoxy) is 2. The zero-order valence-corrected chi connectivity index (χ0v) is 18.1. The fourth-order valence-electron chi connectivity index (χ4n) is 7.85. The van der Waals surface area contributed by atoms with E-state index in [1.165, 1.54) is 6.92 Å². The second-order valence-electron chi connectivity index (χ2n) is 10.5. The van der Waals surface area contributed by atoms with Crippen LogP contribution < -0.4 is 0 Å². The summed E-state index contributed by atoms with van der Waals surface area (Å²) in [7, 11) is 0. The van der Waals surface area contributed by atoms with Crippen LogP contribution in [0.2, 0.25) is 0 Å². The van der Waals surface area contributed by atoms with Gasteiger partial charge in [0.2, 0.25) is 5.78 Å². The van der Waals surface area contributed by atoms with E-state index >= 15 is 0 Å². The van der Waals surface area contributed by atoms with Gasteiger partial charge in [0.05, 0.1) is 6.10 Å². The largest absolute Gasteiger partial charge is 0.458 e. The summed E-state index contributed by atoms with van der Waals surface area (Å²) in [5, 5.41) is 11.8. The lowest BCUT2D eigenvalue weighted by molar-refractivity contribution is -0.170. The van der Waals surface area contributed by atoms with Crippen molar-refractivity contribution in [1.29, 1.82) is 0 Å². The normalized spacial score (nSPS) is 50.6. The topological polar surface area (TPSA) is 93.2 Å². The molecule has 0 aromatic rings. The lowest BCUT2D eigenvalue weighted by Gasteiger charge is -2.55. The highest BCUT2D eigenvalue weighted by molar-refractivity contribution is 6.01. The van der Waals surface area contributed by atoms with Crippen molar-refractivity contribution in [3.8, 4) is 0 Å². The average Bonchev–Trinajstić information content (AvgIpc) is 3.36. The minimum atomic E-state index is -1.54. The molecule has 0 bridgehead atoms. The Kier molecular flexibility index (Phi) is 3.97. The smallest absolute Gasteiger partial charge is 0.303 e. The number of carbonyl (C=O) groups is 3. The van der Waals surface area contributed by atoms with Crippen molar-refractivity contribution in [1.82, 2.24) is 0 Å². The second-order valence-corrected chi connectivity index (χ2v) is 10.5. The van der Waals surface area contributed by atoms with Gasteiger partial charge < -0.3 is 14.6 Å². The van der Waals surface area contributed by atoms with Crippen molar-refractivity contribution in [2.75, 3.05) is 6.61 Å². The van der Waals surface area contributed by atoms with Gasteiger partial charge in [0.1, 0.15) is 11.2 Å². The molecular weight excluding hydrogens is 384 g/mol. The van der Waals surface area contributed by atoms with E-state index in [0.29, 0.717) is 6.42 Å². The molecule has 1 N–H and O–H groups in total. The number of carbonyl (C=O) groups excluding carboxylic acids is 3. The number of hydrogen-bond donors (Lipinski definition) is 1. The quantitative estimate of drug-likeness (QED) is 0.564. The van der Waals surface area contributed by atoms with Gasteiger partial charge in [-0.25, -0.2) is 0 Å². The Bertz CT molecular complexity index is 919. The highest BCUT2D eigenvalue weighted by Crippen LogP contribution is 2.76. The number of allylic oxidation sites excluding steroid dienone is 2. The summed E-state index contributed by atoms with van der Waals surface area (Å²) >= 11 is 0. The molecule has 5 aliphatic rings. The first-order chi connectivity index (χ1) is 14.0. The summed E-state index contributed by atoms with van der Waals surface area (Å²) in [5.74, 6) is -0.783. The van der Waals surface area contributed by atoms with Gasteiger partial charge in [-0.15, -0.1) is 0 Å². The molecule has 0 radical (unpaired) electrons. The van der Waals surface area contributed by atoms with Crippen molar-refractivity contribution >= 4 is 17.5 Å². The highest BCUT2D eigenvalue weighted by atomic mass is 16.6. The lowest BCUT2D eigenvalue weighted by Crippen LogP contribution is -2.62. The molecule has 1 aliphatic heterocycles. The first-order valence-electron chi connectivity index (χ1n) is 11.0. The summed E-state index contributed by atoms with van der Waals surface area (Å²) in [6.07, 6.45) is 8.43. The summed E-state index contributed by atoms with van der Waals surface area (Å²) in [4.78, 5) is 36.3. The maximum Gasteiger partial charge on any atom is 0.303 e. The van der Waals surface area contributed by atoms with Crippen LogP contribution >= 0.6 is 0 Å². The summed E-state index contributed by atoms with van der Waals surface area (Å²) in [6.45, 7) is 7.00. The second kappa shape index (κ2) is 5.92. The van der Waals surface area contributed by atoms with E-state index in [0.717, 1.165) is 24.8 Å². The Balaban J connectivity index is 1.52. The van der Waals surface area contributed by atoms with Crippen LogP contribution in [0.15, 0.2) is 23.8 Å². The third-order valence-corrected chi connectivity index (χ3v) is 9.35. The van der Waals surface area contributed by atoms with Crippen LogP contribution in [-0.2, 0) is 23.9 Å². The minimum absolute atomic E-state index is 0.0371. The van der Waals surface area contributed by atoms with Gasteiger partial charge in [0.15, 0.2) is 12.4 Å². The van der Waals surface area contributed by atoms with Crippen molar-refractivity contribution in [2.45, 2.75) is 70.7 Å². The average molecular weight is 414 g/mol. The number of Topliss-reactive ketones (excluding diaryl/α,β-unsaturated/α-hetero) is 1. The van der Waals surface area contributed by atoms with E-state index in [4.69, 9.17) is 9.47 Å². The molecule has 1 heterocycles. The number of esters is 1. The predicted octanol–water partition coefficient (Wildman–Crippen LogP) is 2.53. The van der Waals surface area contributed by atoms with E-state index in [1.54, 1.807) is 12.2 Å². The van der Waals surface area contributed by atoms with Crippen LogP contribution in [0, 0.1) is 28.6 Å². The van der Waals surface area contributed by atoms with Crippen LogP contribution in [0.25, 0.3) is 0 Å². The fourth-order valence-corrected chi connectivity index (χ4v) is 7.85. The van der Waals surface area contributed by atoms with Crippen molar-refractivity contribution in [3.05, 3.63) is 23.8 Å². The number of hydrogen-bond acceptors (Lipinski definition) is 6. The number of epoxide rings is 1. The fraction of sp³-hybridized carbons (Fsp3) is 0.708. The number of rotatable bonds is 3. The van der Waals surface area contributed by atoms with Gasteiger partial charge in [-0.2, -0.15) is 0 Å². The van der Waals surface area contributed by atoms with Gasteiger partial charge in [-0.3, -0.25) is 14.4 Å². The SMILES string of the molecule is CC(=O)OCC(=O)C1(O)[C@@H](C)C[C@@H]2[C@@H]3CCC4=CC(=O)C=C[C@]4(C)[C@@]34O[C@H]4C[C@@]21C. The molecule has 1 saturated heterocycles. The maximum atomic E-state index is 13.1. The van der Waals surface area contributed by atoms with Crippen LogP contribution in [0.1, 0.15) is 53.4 Å². The standard InChI is InChI=1S/C24H30O6/c1-13-9-18-17-6-5-15-10-16(26)7-8-21(15,3)24(17)20(30-24)11-22(18,4)23(13,28)19(27)12-29-14(2)25/h7-8,10,13,17-18,20,28H,5-6,9,11-12H2,1-4H3/t13-,17-,18+,20-,21-,22-,23?,24+/m0/s1. The molecule has 5 rings (SSSR count). The summed E-state index contributed by atoms with van der Waals surface area (Å²) < 4.78 is 11.4. The van der Waals surface area contributed by atoms with Gasteiger partial charge >= 0.3 is 5.97 Å². The Hall–Kier alpha value is -1.79. The lowest BCUT2D eigenvalue weighted by atomic mass is 9.46. The Morgan fingerprint density at radius 2 is 2.03 bits per heavy atom. The maximum absolute atomic E-state index is 13.1. The van der Waals surface area contributed by atoms with Crippen LogP contribution in [0.4, 0.5) is 0 Å². The molecule has 0 aromatic heterocycles. The number of ketones is 2. The molecule has 162 valence electrons. The molecule has 6 nitrogen and oxygen atoms in total. The molecular formula is C24H30O6. The molecule has 0 aromatic carbocycles. The Labute approximate surface area is 176 Å². The molecule has 8 atom stereocenters. The first-order valence-corrected chi connectivity index (χ1v) is 11.0. The van der Waals surface area contributed by atoms with Gasteiger partial charge in [-0.1, -0.05) is 25.5 Å². The zero-order valence-electron chi connectivity index (χ0n) is 18.1. The third-order valence-electron chi connectivity index (χ3n) is 9.35. The van der Waals surface area contributed by atoms with Gasteiger partial charge in [-0.05, 0) is 62.5 Å². The molecule has 1 spiro atoms. The van der Waals surface area contributed by atoms with Gasteiger partial charge in [0.25, 0.3) is 0 Å². The first kappa shape index (κ1) is 20.1. The highest BCUT2D eigenvalue weighted by Gasteiger charge is 2.81. The van der Waals surface area contributed by atoms with Crippen molar-refractivity contribution in [2.24, 2.45) is 28.6 Å². The molecule has 4 fully saturated rings. The predicted molar refractivity (Wildman–Crippen MR) is 107 cm³/mol. The molecule has 6 heteroatoms. The summed E-state index contributed by atoms with van der Waals surface area (Å²) in [6, 6.07) is 0. The van der Waals surface area contributed by atoms with Crippen LogP contribution in [-0.4, -0.2) is 46.6 Å². The number of aliphatic hydroxyl groups is 1. The Morgan fingerprint density at radius 1 is 1.30 bits per heavy atom. The van der Waals surface area contributed by atoms with E-state index in [2.05, 4.69) is 6.92 Å². The van der Waals surface area contributed by atoms with Crippen LogP contribution in [0.3, 0.4) is 0 Å². The molecule has 4 aliphatic carbocycles. The number of fused-ring (bicyclic) bond motifs is 3. The molecule has 3 saturated carbocycles. The minimum Gasteiger partial charge on any atom is -0.458 e. The monoisotopic (exact) mass is 414 g/mol. The molecule has 30 heavy (non-hydrogen) atoms. The van der Waals surface area contributed by atoms with Crippen molar-refractivity contribution in [3.63, 3.8) is 0 Å². The molecule has 0 amide bonds. The Morgan fingerprint density at radius 3 is 2.73 bits per heavy atom. The summed E-state index contributed by atoms with van der Waals surface area (Å²) in [5.41, 5.74) is -1.71. The van der Waals surface area contributed by atoms with E-state index in [9.17, 15) is 19.5 Å².